The second-order valence-corrected chi connectivity index (χ2v) is 7.81. The first-order valence-corrected chi connectivity index (χ1v) is 9.26. The normalized spacial score (nSPS) is 18.6. The minimum absolute atomic E-state index is 0.133. The molecule has 1 fully saturated rings. The molecule has 5 heteroatoms. The fourth-order valence-electron chi connectivity index (χ4n) is 3.01. The maximum absolute atomic E-state index is 11.9. The van der Waals surface area contributed by atoms with E-state index in [1.54, 1.807) is 25.3 Å². The summed E-state index contributed by atoms with van der Waals surface area (Å²) in [5.41, 5.74) is 2.28. The summed E-state index contributed by atoms with van der Waals surface area (Å²) in [4.78, 5) is 6.94. The molecule has 2 heterocycles. The Bertz CT molecular complexity index is 727. The zero-order chi connectivity index (χ0) is 15.6. The van der Waals surface area contributed by atoms with Gasteiger partial charge >= 0.3 is 0 Å². The average Bonchev–Trinajstić information content (AvgIpc) is 3.05. The monoisotopic (exact) mass is 316 g/mol. The second-order valence-electron chi connectivity index (χ2n) is 5.54. The van der Waals surface area contributed by atoms with Crippen molar-refractivity contribution in [1.29, 1.82) is 0 Å². The van der Waals surface area contributed by atoms with Gasteiger partial charge in [-0.1, -0.05) is 13.0 Å². The number of pyridine rings is 1. The maximum atomic E-state index is 11.9. The van der Waals surface area contributed by atoms with E-state index >= 15 is 0 Å². The Hall–Kier alpha value is -1.88. The van der Waals surface area contributed by atoms with E-state index in [9.17, 15) is 8.42 Å². The van der Waals surface area contributed by atoms with E-state index in [1.165, 1.54) is 5.56 Å². The van der Waals surface area contributed by atoms with E-state index in [1.807, 2.05) is 24.4 Å². The van der Waals surface area contributed by atoms with Crippen molar-refractivity contribution in [3.63, 3.8) is 0 Å². The predicted octanol–water partition coefficient (Wildman–Crippen LogP) is 3.22. The third kappa shape index (κ3) is 2.86. The summed E-state index contributed by atoms with van der Waals surface area (Å²) in [6.07, 6.45) is 5.93. The molecule has 0 aliphatic carbocycles. The molecule has 3 rings (SSSR count). The van der Waals surface area contributed by atoms with E-state index in [0.29, 0.717) is 10.9 Å². The fraction of sp³-hybridized carbons (Fsp3) is 0.353. The molecule has 2 aromatic rings. The summed E-state index contributed by atoms with van der Waals surface area (Å²) in [5.74, 6) is 0.133. The van der Waals surface area contributed by atoms with Gasteiger partial charge in [-0.15, -0.1) is 0 Å². The van der Waals surface area contributed by atoms with Gasteiger partial charge in [0.25, 0.3) is 0 Å². The van der Waals surface area contributed by atoms with Crippen molar-refractivity contribution in [3.05, 3.63) is 54.4 Å². The van der Waals surface area contributed by atoms with E-state index in [0.717, 1.165) is 25.1 Å². The molecule has 1 saturated heterocycles. The highest BCUT2D eigenvalue weighted by atomic mass is 32.2. The molecule has 1 atom stereocenters. The third-order valence-corrected chi connectivity index (χ3v) is 5.98. The molecular weight excluding hydrogens is 296 g/mol. The van der Waals surface area contributed by atoms with Crippen molar-refractivity contribution in [2.45, 2.75) is 30.7 Å². The molecule has 0 spiro atoms. The van der Waals surface area contributed by atoms with Crippen molar-refractivity contribution in [2.24, 2.45) is 0 Å². The number of aromatic nitrogens is 1. The zero-order valence-electron chi connectivity index (χ0n) is 12.6. The molecular formula is C17H20N2O2S. The van der Waals surface area contributed by atoms with Crippen LogP contribution >= 0.6 is 0 Å². The van der Waals surface area contributed by atoms with E-state index in [2.05, 4.69) is 16.0 Å². The number of nitrogens with zero attached hydrogens (tertiary/aromatic N) is 2. The molecule has 0 amide bonds. The first-order valence-electron chi connectivity index (χ1n) is 7.61. The van der Waals surface area contributed by atoms with Crippen molar-refractivity contribution in [2.75, 3.05) is 17.2 Å². The highest BCUT2D eigenvalue weighted by Gasteiger charge is 2.26. The van der Waals surface area contributed by atoms with Crippen LogP contribution in [0.2, 0.25) is 0 Å². The highest BCUT2D eigenvalue weighted by molar-refractivity contribution is 7.91. The third-order valence-electron chi connectivity index (χ3n) is 4.23. The Morgan fingerprint density at radius 3 is 2.64 bits per heavy atom. The van der Waals surface area contributed by atoms with Gasteiger partial charge in [0.05, 0.1) is 16.7 Å². The van der Waals surface area contributed by atoms with Crippen LogP contribution in [0.25, 0.3) is 0 Å². The highest BCUT2D eigenvalue weighted by Crippen LogP contribution is 2.36. The molecule has 0 N–H and O–H groups in total. The first kappa shape index (κ1) is 15.0. The number of sulfone groups is 1. The number of anilines is 1. The van der Waals surface area contributed by atoms with Crippen LogP contribution in [0.4, 0.5) is 5.69 Å². The lowest BCUT2D eigenvalue weighted by molar-refractivity contribution is 0.597. The predicted molar refractivity (Wildman–Crippen MR) is 87.7 cm³/mol. The van der Waals surface area contributed by atoms with Crippen LogP contribution in [-0.4, -0.2) is 25.7 Å². The molecule has 22 heavy (non-hydrogen) atoms. The Morgan fingerprint density at radius 1 is 1.23 bits per heavy atom. The smallest absolute Gasteiger partial charge is 0.178 e. The lowest BCUT2D eigenvalue weighted by Crippen LogP contribution is -2.22. The SMILES string of the molecule is CCS(=O)(=O)c1ccc(N2CCCC2c2cccnc2)cc1. The quantitative estimate of drug-likeness (QED) is 0.869. The fourth-order valence-corrected chi connectivity index (χ4v) is 3.89. The zero-order valence-corrected chi connectivity index (χ0v) is 13.5. The van der Waals surface area contributed by atoms with Gasteiger partial charge in [0.2, 0.25) is 0 Å². The van der Waals surface area contributed by atoms with Crippen molar-refractivity contribution >= 4 is 15.5 Å². The summed E-state index contributed by atoms with van der Waals surface area (Å²) in [5, 5.41) is 0. The topological polar surface area (TPSA) is 50.3 Å². The van der Waals surface area contributed by atoms with Crippen molar-refractivity contribution in [3.8, 4) is 0 Å². The van der Waals surface area contributed by atoms with Gasteiger partial charge in [-0.05, 0) is 48.7 Å². The summed E-state index contributed by atoms with van der Waals surface area (Å²) in [7, 11) is -3.13. The van der Waals surface area contributed by atoms with Crippen LogP contribution in [0.3, 0.4) is 0 Å². The van der Waals surface area contributed by atoms with Gasteiger partial charge in [-0.2, -0.15) is 0 Å². The number of rotatable bonds is 4. The van der Waals surface area contributed by atoms with E-state index in [-0.39, 0.29) is 5.75 Å². The molecule has 1 unspecified atom stereocenters. The lowest BCUT2D eigenvalue weighted by Gasteiger charge is -2.27. The van der Waals surface area contributed by atoms with Gasteiger partial charge < -0.3 is 4.90 Å². The van der Waals surface area contributed by atoms with Gasteiger partial charge in [-0.25, -0.2) is 8.42 Å². The van der Waals surface area contributed by atoms with Gasteiger partial charge in [0.1, 0.15) is 0 Å². The molecule has 0 bridgehead atoms. The van der Waals surface area contributed by atoms with E-state index in [4.69, 9.17) is 0 Å². The maximum Gasteiger partial charge on any atom is 0.178 e. The standard InChI is InChI=1S/C17H20N2O2S/c1-2-22(20,21)16-9-7-15(8-10-16)19-12-4-6-17(19)14-5-3-11-18-13-14/h3,5,7-11,13,17H,2,4,6,12H2,1H3. The molecule has 1 aliphatic heterocycles. The van der Waals surface area contributed by atoms with E-state index < -0.39 is 9.84 Å². The molecule has 0 saturated carbocycles. The Labute approximate surface area is 131 Å². The number of hydrogen-bond donors (Lipinski definition) is 0. The summed E-state index contributed by atoms with van der Waals surface area (Å²) < 4.78 is 23.8. The largest absolute Gasteiger partial charge is 0.364 e. The minimum Gasteiger partial charge on any atom is -0.364 e. The summed E-state index contributed by atoms with van der Waals surface area (Å²) >= 11 is 0. The van der Waals surface area contributed by atoms with Crippen molar-refractivity contribution < 1.29 is 8.42 Å². The first-order chi connectivity index (χ1) is 10.6. The van der Waals surface area contributed by atoms with Gasteiger partial charge in [0, 0.05) is 24.6 Å². The molecule has 1 aromatic heterocycles. The average molecular weight is 316 g/mol. The van der Waals surface area contributed by atoms with Gasteiger partial charge in [-0.3, -0.25) is 4.98 Å². The molecule has 4 nitrogen and oxygen atoms in total. The lowest BCUT2D eigenvalue weighted by atomic mass is 10.1. The number of hydrogen-bond acceptors (Lipinski definition) is 4. The van der Waals surface area contributed by atoms with Crippen LogP contribution < -0.4 is 4.90 Å². The Kier molecular flexibility index (Phi) is 4.16. The van der Waals surface area contributed by atoms with Crippen LogP contribution in [0.1, 0.15) is 31.4 Å². The molecule has 116 valence electrons. The Morgan fingerprint density at radius 2 is 2.00 bits per heavy atom. The Balaban J connectivity index is 1.87. The summed E-state index contributed by atoms with van der Waals surface area (Å²) in [6.45, 7) is 2.65. The van der Waals surface area contributed by atoms with Crippen LogP contribution in [0.15, 0.2) is 53.7 Å². The van der Waals surface area contributed by atoms with Gasteiger partial charge in [0.15, 0.2) is 9.84 Å². The van der Waals surface area contributed by atoms with Crippen LogP contribution in [0, 0.1) is 0 Å². The second kappa shape index (κ2) is 6.08. The number of benzene rings is 1. The molecule has 1 aliphatic rings. The molecule has 0 radical (unpaired) electrons. The summed E-state index contributed by atoms with van der Waals surface area (Å²) in [6, 6.07) is 11.6. The molecule has 1 aromatic carbocycles. The van der Waals surface area contributed by atoms with Crippen LogP contribution in [-0.2, 0) is 9.84 Å². The minimum atomic E-state index is -3.13. The van der Waals surface area contributed by atoms with Crippen molar-refractivity contribution in [1.82, 2.24) is 4.98 Å². The van der Waals surface area contributed by atoms with Crippen LogP contribution in [0.5, 0.6) is 0 Å².